The Labute approximate surface area is 349 Å². The van der Waals surface area contributed by atoms with Gasteiger partial charge in [0, 0.05) is 12.8 Å². The van der Waals surface area contributed by atoms with Crippen LogP contribution in [0.5, 0.6) is 0 Å². The van der Waals surface area contributed by atoms with Gasteiger partial charge in [-0.15, -0.1) is 0 Å². The van der Waals surface area contributed by atoms with E-state index in [1.807, 2.05) is 6.08 Å². The van der Waals surface area contributed by atoms with Gasteiger partial charge >= 0.3 is 11.9 Å². The van der Waals surface area contributed by atoms with Gasteiger partial charge in [0.15, 0.2) is 12.4 Å². The number of aliphatic hydroxyl groups is 3. The van der Waals surface area contributed by atoms with E-state index in [0.29, 0.717) is 12.8 Å². The van der Waals surface area contributed by atoms with Crippen LogP contribution in [-0.2, 0) is 38.7 Å². The molecular formula is C45H76O12S. The Morgan fingerprint density at radius 3 is 1.71 bits per heavy atom. The molecule has 0 amide bonds. The van der Waals surface area contributed by atoms with Crippen LogP contribution < -0.4 is 0 Å². The molecule has 6 atom stereocenters. The largest absolute Gasteiger partial charge is 0.462 e. The van der Waals surface area contributed by atoms with E-state index in [2.05, 4.69) is 68.5 Å². The third-order valence-corrected chi connectivity index (χ3v) is 10.3. The molecule has 1 fully saturated rings. The van der Waals surface area contributed by atoms with Crippen molar-refractivity contribution in [2.24, 2.45) is 0 Å². The highest BCUT2D eigenvalue weighted by Gasteiger charge is 2.46. The summed E-state index contributed by atoms with van der Waals surface area (Å²) in [5.41, 5.74) is 0. The molecule has 4 N–H and O–H groups in total. The van der Waals surface area contributed by atoms with Crippen LogP contribution in [0, 0.1) is 0 Å². The number of carbonyl (C=O) groups is 2. The second-order valence-electron chi connectivity index (χ2n) is 15.0. The van der Waals surface area contributed by atoms with Crippen LogP contribution >= 0.6 is 0 Å². The summed E-state index contributed by atoms with van der Waals surface area (Å²) in [6.07, 6.45) is 32.9. The van der Waals surface area contributed by atoms with Crippen LogP contribution in [0.15, 0.2) is 60.8 Å². The second-order valence-corrected chi connectivity index (χ2v) is 16.5. The Kier molecular flexibility index (Phi) is 32.3. The minimum Gasteiger partial charge on any atom is -0.462 e. The van der Waals surface area contributed by atoms with Gasteiger partial charge in [0.25, 0.3) is 10.1 Å². The number of carbonyl (C=O) groups excluding carboxylic acids is 2. The van der Waals surface area contributed by atoms with Crippen molar-refractivity contribution in [2.45, 2.75) is 192 Å². The molecule has 1 heterocycles. The van der Waals surface area contributed by atoms with Crippen molar-refractivity contribution in [1.29, 1.82) is 0 Å². The van der Waals surface area contributed by atoms with E-state index < -0.39 is 71.2 Å². The SMILES string of the molecule is CC/C=C/C/C=C/C/C=C/C/C=C/CCCCC(=O)O[C@H](COC(=O)CC/C=C/CCCCCCCCCCCCC)CO[C@H]1O[C@H](CS(=O)(=O)O)[C@@H](O)C(O)C1O. The van der Waals surface area contributed by atoms with Crippen molar-refractivity contribution >= 4 is 22.1 Å². The molecule has 1 aliphatic rings. The highest BCUT2D eigenvalue weighted by Crippen LogP contribution is 2.24. The molecule has 1 aliphatic heterocycles. The number of ether oxygens (including phenoxy) is 4. The summed E-state index contributed by atoms with van der Waals surface area (Å²) in [7, 11) is -4.61. The van der Waals surface area contributed by atoms with Crippen molar-refractivity contribution in [3.8, 4) is 0 Å². The number of unbranched alkanes of at least 4 members (excludes halogenated alkanes) is 13. The van der Waals surface area contributed by atoms with Gasteiger partial charge in [-0.1, -0.05) is 139 Å². The van der Waals surface area contributed by atoms with Gasteiger partial charge in [0.05, 0.1) is 6.61 Å². The van der Waals surface area contributed by atoms with Gasteiger partial charge in [-0.05, 0) is 64.2 Å². The summed E-state index contributed by atoms with van der Waals surface area (Å²) < 4.78 is 53.9. The fraction of sp³-hybridized carbons (Fsp3) is 0.733. The molecular weight excluding hydrogens is 765 g/mol. The van der Waals surface area contributed by atoms with Crippen LogP contribution in [0.1, 0.15) is 155 Å². The monoisotopic (exact) mass is 841 g/mol. The minimum absolute atomic E-state index is 0.103. The molecule has 0 spiro atoms. The fourth-order valence-corrected chi connectivity index (χ4v) is 6.90. The molecule has 1 rings (SSSR count). The summed E-state index contributed by atoms with van der Waals surface area (Å²) in [6, 6.07) is 0. The average molecular weight is 841 g/mol. The fourth-order valence-electron chi connectivity index (χ4n) is 6.21. The number of allylic oxidation sites excluding steroid dienone is 10. The predicted molar refractivity (Wildman–Crippen MR) is 229 cm³/mol. The summed E-state index contributed by atoms with van der Waals surface area (Å²) in [5.74, 6) is -2.10. The van der Waals surface area contributed by atoms with Gasteiger partial charge in [-0.2, -0.15) is 8.42 Å². The van der Waals surface area contributed by atoms with Crippen LogP contribution in [0.25, 0.3) is 0 Å². The molecule has 0 aromatic carbocycles. The maximum atomic E-state index is 12.8. The van der Waals surface area contributed by atoms with Crippen molar-refractivity contribution < 1.29 is 56.8 Å². The number of aliphatic hydroxyl groups excluding tert-OH is 3. The molecule has 0 aliphatic carbocycles. The summed E-state index contributed by atoms with van der Waals surface area (Å²) >= 11 is 0. The lowest BCUT2D eigenvalue weighted by molar-refractivity contribution is -0.297. The molecule has 334 valence electrons. The minimum atomic E-state index is -4.61. The summed E-state index contributed by atoms with van der Waals surface area (Å²) in [5, 5.41) is 30.8. The Bertz CT molecular complexity index is 1310. The van der Waals surface area contributed by atoms with Crippen molar-refractivity contribution in [1.82, 2.24) is 0 Å². The van der Waals surface area contributed by atoms with E-state index >= 15 is 0 Å². The molecule has 13 heteroatoms. The first-order valence-corrected chi connectivity index (χ1v) is 23.5. The van der Waals surface area contributed by atoms with Crippen LogP contribution in [0.3, 0.4) is 0 Å². The first kappa shape index (κ1) is 53.4. The van der Waals surface area contributed by atoms with Crippen molar-refractivity contribution in [2.75, 3.05) is 19.0 Å². The average Bonchev–Trinajstić information content (AvgIpc) is 3.18. The number of hydrogen-bond donors (Lipinski definition) is 4. The standard InChI is InChI=1S/C45H76O12S/c1-3-5-7-9-11-13-15-17-19-21-23-25-27-29-31-33-40(46)54-35-38(36-55-45-44(50)43(49)42(48)39(57-45)37-58(51,52)53)56-41(47)34-32-30-28-26-24-22-20-18-16-14-12-10-8-6-4-2/h6,8,12,14,18,20,24,26-27,29,38-39,42-45,48-50H,3-5,7,9-11,13,15-17,19,21-23,25,28,30-37H2,1-2H3,(H,51,52,53)/b8-6+,14-12+,20-18+,26-24+,29-27+/t38-,39-,42-,43?,44?,45+/m1/s1. The lowest BCUT2D eigenvalue weighted by Crippen LogP contribution is -2.60. The number of hydrogen-bond acceptors (Lipinski definition) is 11. The zero-order valence-corrected chi connectivity index (χ0v) is 36.2. The van der Waals surface area contributed by atoms with E-state index in [1.165, 1.54) is 64.2 Å². The third kappa shape index (κ3) is 29.5. The lowest BCUT2D eigenvalue weighted by Gasteiger charge is -2.40. The Balaban J connectivity index is 2.52. The van der Waals surface area contributed by atoms with Crippen LogP contribution in [-0.4, -0.2) is 96.0 Å². The Morgan fingerprint density at radius 2 is 1.12 bits per heavy atom. The van der Waals surface area contributed by atoms with E-state index in [-0.39, 0.29) is 19.4 Å². The molecule has 0 aromatic rings. The number of esters is 2. The molecule has 0 saturated carbocycles. The van der Waals surface area contributed by atoms with E-state index in [1.54, 1.807) is 0 Å². The number of rotatable bonds is 35. The molecule has 0 bridgehead atoms. The highest BCUT2D eigenvalue weighted by atomic mass is 32.2. The molecule has 12 nitrogen and oxygen atoms in total. The van der Waals surface area contributed by atoms with Crippen molar-refractivity contribution in [3.05, 3.63) is 60.8 Å². The third-order valence-electron chi connectivity index (χ3n) is 9.59. The lowest BCUT2D eigenvalue weighted by atomic mass is 10.00. The molecule has 1 saturated heterocycles. The summed E-state index contributed by atoms with van der Waals surface area (Å²) in [4.78, 5) is 25.3. The van der Waals surface area contributed by atoms with E-state index in [0.717, 1.165) is 51.4 Å². The normalized spacial score (nSPS) is 21.0. The van der Waals surface area contributed by atoms with E-state index in [9.17, 15) is 37.9 Å². The van der Waals surface area contributed by atoms with Crippen LogP contribution in [0.2, 0.25) is 0 Å². The molecule has 58 heavy (non-hydrogen) atoms. The predicted octanol–water partition coefficient (Wildman–Crippen LogP) is 8.56. The zero-order chi connectivity index (χ0) is 42.7. The van der Waals surface area contributed by atoms with Gasteiger partial charge < -0.3 is 34.3 Å². The van der Waals surface area contributed by atoms with Gasteiger partial charge in [-0.25, -0.2) is 0 Å². The molecule has 2 unspecified atom stereocenters. The summed E-state index contributed by atoms with van der Waals surface area (Å²) in [6.45, 7) is 3.56. The van der Waals surface area contributed by atoms with Gasteiger partial charge in [-0.3, -0.25) is 14.1 Å². The zero-order valence-electron chi connectivity index (χ0n) is 35.4. The Hall–Kier alpha value is -2.65. The topological polar surface area (TPSA) is 186 Å². The Morgan fingerprint density at radius 1 is 0.603 bits per heavy atom. The first-order valence-electron chi connectivity index (χ1n) is 21.8. The second kappa shape index (κ2) is 35.1. The van der Waals surface area contributed by atoms with Crippen LogP contribution in [0.4, 0.5) is 0 Å². The maximum Gasteiger partial charge on any atom is 0.306 e. The van der Waals surface area contributed by atoms with Gasteiger partial charge in [0.1, 0.15) is 36.8 Å². The first-order chi connectivity index (χ1) is 28.0. The smallest absolute Gasteiger partial charge is 0.306 e. The van der Waals surface area contributed by atoms with Gasteiger partial charge in [0.2, 0.25) is 0 Å². The maximum absolute atomic E-state index is 12.8. The highest BCUT2D eigenvalue weighted by molar-refractivity contribution is 7.85. The quantitative estimate of drug-likeness (QED) is 0.0207. The van der Waals surface area contributed by atoms with E-state index in [4.69, 9.17) is 18.9 Å². The van der Waals surface area contributed by atoms with Crippen molar-refractivity contribution in [3.63, 3.8) is 0 Å². The molecule has 0 radical (unpaired) electrons. The molecule has 0 aromatic heterocycles.